The number of benzene rings is 1. The molecule has 1 amide bonds. The number of hydrogen-bond donors (Lipinski definition) is 1. The number of β-amino-alcohol motifs (C(OH)–C–C–N with tert-alkyl or cyclic N) is 1. The zero-order chi connectivity index (χ0) is 15.2. The summed E-state index contributed by atoms with van der Waals surface area (Å²) in [5.74, 6) is -0.124. The Morgan fingerprint density at radius 1 is 1.24 bits per heavy atom. The first-order valence-electron chi connectivity index (χ1n) is 7.00. The van der Waals surface area contributed by atoms with Crippen LogP contribution in [0.25, 0.3) is 0 Å². The molecular formula is C15H16F3NO2. The molecule has 2 unspecified atom stereocenters. The van der Waals surface area contributed by atoms with Crippen molar-refractivity contribution in [3.8, 4) is 0 Å². The molecular weight excluding hydrogens is 283 g/mol. The SMILES string of the molecule is O=C(C1CC1c1ccc(C(F)(F)F)cc1)N1CC[C@@H](O)C1. The average molecular weight is 299 g/mol. The summed E-state index contributed by atoms with van der Waals surface area (Å²) in [6.45, 7) is 0.936. The molecule has 1 heterocycles. The number of nitrogens with zero attached hydrogens (tertiary/aromatic N) is 1. The van der Waals surface area contributed by atoms with Gasteiger partial charge in [0.05, 0.1) is 11.7 Å². The fourth-order valence-corrected chi connectivity index (χ4v) is 2.93. The maximum atomic E-state index is 12.5. The normalized spacial score (nSPS) is 28.8. The summed E-state index contributed by atoms with van der Waals surface area (Å²) in [7, 11) is 0. The van der Waals surface area contributed by atoms with Crippen molar-refractivity contribution in [1.29, 1.82) is 0 Å². The molecule has 0 spiro atoms. The van der Waals surface area contributed by atoms with Crippen molar-refractivity contribution in [3.05, 3.63) is 35.4 Å². The standard InChI is InChI=1S/C15H16F3NO2/c16-15(17,18)10-3-1-9(2-4-10)12-7-13(12)14(21)19-6-5-11(20)8-19/h1-4,11-13,20H,5-8H2/t11-,12?,13?/m1/s1. The molecule has 1 saturated heterocycles. The minimum Gasteiger partial charge on any atom is -0.391 e. The van der Waals surface area contributed by atoms with Gasteiger partial charge in [-0.3, -0.25) is 4.79 Å². The number of alkyl halides is 3. The van der Waals surface area contributed by atoms with Crippen LogP contribution < -0.4 is 0 Å². The van der Waals surface area contributed by atoms with Crippen molar-refractivity contribution in [1.82, 2.24) is 4.90 Å². The molecule has 1 aromatic carbocycles. The third kappa shape index (κ3) is 2.90. The first-order valence-corrected chi connectivity index (χ1v) is 7.00. The van der Waals surface area contributed by atoms with Gasteiger partial charge in [-0.2, -0.15) is 13.2 Å². The number of aliphatic hydroxyl groups excluding tert-OH is 1. The van der Waals surface area contributed by atoms with Crippen LogP contribution in [0, 0.1) is 5.92 Å². The van der Waals surface area contributed by atoms with Crippen LogP contribution in [0.4, 0.5) is 13.2 Å². The van der Waals surface area contributed by atoms with Gasteiger partial charge in [0, 0.05) is 19.0 Å². The number of amides is 1. The van der Waals surface area contributed by atoms with E-state index in [0.29, 0.717) is 25.9 Å². The van der Waals surface area contributed by atoms with E-state index in [-0.39, 0.29) is 17.7 Å². The number of halogens is 3. The lowest BCUT2D eigenvalue weighted by molar-refractivity contribution is -0.137. The van der Waals surface area contributed by atoms with Crippen LogP contribution in [0.15, 0.2) is 24.3 Å². The Labute approximate surface area is 120 Å². The lowest BCUT2D eigenvalue weighted by Crippen LogP contribution is -2.31. The first kappa shape index (κ1) is 14.4. The number of likely N-dealkylation sites (tertiary alicyclic amines) is 1. The van der Waals surface area contributed by atoms with Crippen molar-refractivity contribution >= 4 is 5.91 Å². The van der Waals surface area contributed by atoms with Gasteiger partial charge in [-0.25, -0.2) is 0 Å². The van der Waals surface area contributed by atoms with Crippen molar-refractivity contribution in [2.24, 2.45) is 5.92 Å². The molecule has 114 valence electrons. The smallest absolute Gasteiger partial charge is 0.391 e. The predicted octanol–water partition coefficient (Wildman–Crippen LogP) is 2.40. The molecule has 1 aromatic rings. The topological polar surface area (TPSA) is 40.5 Å². The molecule has 1 saturated carbocycles. The molecule has 1 N–H and O–H groups in total. The Morgan fingerprint density at radius 2 is 1.90 bits per heavy atom. The van der Waals surface area contributed by atoms with Gasteiger partial charge in [0.2, 0.25) is 5.91 Å². The van der Waals surface area contributed by atoms with E-state index in [0.717, 1.165) is 17.7 Å². The van der Waals surface area contributed by atoms with Gasteiger partial charge < -0.3 is 10.0 Å². The Kier molecular flexibility index (Phi) is 3.43. The molecule has 21 heavy (non-hydrogen) atoms. The maximum Gasteiger partial charge on any atom is 0.416 e. The van der Waals surface area contributed by atoms with Crippen molar-refractivity contribution in [3.63, 3.8) is 0 Å². The molecule has 0 aromatic heterocycles. The second kappa shape index (κ2) is 5.02. The van der Waals surface area contributed by atoms with Gasteiger partial charge >= 0.3 is 6.18 Å². The Balaban J connectivity index is 1.64. The van der Waals surface area contributed by atoms with E-state index in [1.165, 1.54) is 12.1 Å². The second-order valence-corrected chi connectivity index (χ2v) is 5.80. The first-order chi connectivity index (χ1) is 9.86. The van der Waals surface area contributed by atoms with Gasteiger partial charge in [0.25, 0.3) is 0 Å². The second-order valence-electron chi connectivity index (χ2n) is 5.80. The molecule has 3 rings (SSSR count). The van der Waals surface area contributed by atoms with Gasteiger partial charge in [-0.1, -0.05) is 12.1 Å². The van der Waals surface area contributed by atoms with Crippen LogP contribution >= 0.6 is 0 Å². The summed E-state index contributed by atoms with van der Waals surface area (Å²) in [6.07, 6.45) is -3.50. The maximum absolute atomic E-state index is 12.5. The fraction of sp³-hybridized carbons (Fsp3) is 0.533. The zero-order valence-electron chi connectivity index (χ0n) is 11.3. The molecule has 2 aliphatic rings. The van der Waals surface area contributed by atoms with Crippen molar-refractivity contribution in [2.45, 2.75) is 31.0 Å². The largest absolute Gasteiger partial charge is 0.416 e. The zero-order valence-corrected chi connectivity index (χ0v) is 11.3. The summed E-state index contributed by atoms with van der Waals surface area (Å²) in [6, 6.07) is 5.04. The summed E-state index contributed by atoms with van der Waals surface area (Å²) >= 11 is 0. The minimum absolute atomic E-state index is 0.0106. The van der Waals surface area contributed by atoms with Gasteiger partial charge in [0.1, 0.15) is 0 Å². The Morgan fingerprint density at radius 3 is 2.43 bits per heavy atom. The van der Waals surface area contributed by atoms with E-state index >= 15 is 0 Å². The number of aliphatic hydroxyl groups is 1. The fourth-order valence-electron chi connectivity index (χ4n) is 2.93. The lowest BCUT2D eigenvalue weighted by Gasteiger charge is -2.15. The monoisotopic (exact) mass is 299 g/mol. The van der Waals surface area contributed by atoms with E-state index in [1.807, 2.05) is 0 Å². The number of hydrogen-bond acceptors (Lipinski definition) is 2. The number of rotatable bonds is 2. The van der Waals surface area contributed by atoms with Crippen molar-refractivity contribution in [2.75, 3.05) is 13.1 Å². The van der Waals surface area contributed by atoms with Crippen LogP contribution in [0.3, 0.4) is 0 Å². The van der Waals surface area contributed by atoms with E-state index in [2.05, 4.69) is 0 Å². The quantitative estimate of drug-likeness (QED) is 0.911. The van der Waals surface area contributed by atoms with Gasteiger partial charge in [0.15, 0.2) is 0 Å². The minimum atomic E-state index is -4.33. The summed E-state index contributed by atoms with van der Waals surface area (Å²) in [4.78, 5) is 13.9. The molecule has 0 bridgehead atoms. The van der Waals surface area contributed by atoms with E-state index in [9.17, 15) is 23.1 Å². The van der Waals surface area contributed by atoms with Crippen LogP contribution in [0.5, 0.6) is 0 Å². The molecule has 3 atom stereocenters. The highest BCUT2D eigenvalue weighted by Crippen LogP contribution is 2.49. The van der Waals surface area contributed by atoms with Crippen LogP contribution in [-0.4, -0.2) is 35.1 Å². The lowest BCUT2D eigenvalue weighted by atomic mass is 10.1. The summed E-state index contributed by atoms with van der Waals surface area (Å²) in [5.41, 5.74) is 0.110. The highest BCUT2D eigenvalue weighted by atomic mass is 19.4. The number of carbonyl (C=O) groups excluding carboxylic acids is 1. The summed E-state index contributed by atoms with van der Waals surface area (Å²) < 4.78 is 37.5. The van der Waals surface area contributed by atoms with Crippen molar-refractivity contribution < 1.29 is 23.1 Å². The summed E-state index contributed by atoms with van der Waals surface area (Å²) in [5, 5.41) is 9.44. The molecule has 3 nitrogen and oxygen atoms in total. The van der Waals surface area contributed by atoms with Gasteiger partial charge in [-0.15, -0.1) is 0 Å². The highest BCUT2D eigenvalue weighted by Gasteiger charge is 2.46. The van der Waals surface area contributed by atoms with Crippen LogP contribution in [-0.2, 0) is 11.0 Å². The molecule has 1 aliphatic carbocycles. The van der Waals surface area contributed by atoms with Gasteiger partial charge in [-0.05, 0) is 36.5 Å². The highest BCUT2D eigenvalue weighted by molar-refractivity contribution is 5.83. The number of carbonyl (C=O) groups is 1. The molecule has 1 aliphatic heterocycles. The third-order valence-corrected chi connectivity index (χ3v) is 4.25. The Hall–Kier alpha value is -1.56. The van der Waals surface area contributed by atoms with Crippen LogP contribution in [0.1, 0.15) is 29.9 Å². The van der Waals surface area contributed by atoms with Crippen LogP contribution in [0.2, 0.25) is 0 Å². The van der Waals surface area contributed by atoms with E-state index in [4.69, 9.17) is 0 Å². The average Bonchev–Trinajstić information content (AvgIpc) is 3.12. The molecule has 2 fully saturated rings. The molecule has 6 heteroatoms. The molecule has 0 radical (unpaired) electrons. The predicted molar refractivity (Wildman–Crippen MR) is 69.5 cm³/mol. The van der Waals surface area contributed by atoms with E-state index < -0.39 is 17.8 Å². The van der Waals surface area contributed by atoms with E-state index in [1.54, 1.807) is 4.90 Å². The third-order valence-electron chi connectivity index (χ3n) is 4.25. The Bertz CT molecular complexity index is 541.